The molecule has 1 fully saturated rings. The van der Waals surface area contributed by atoms with Gasteiger partial charge in [-0.1, -0.05) is 52.8 Å². The van der Waals surface area contributed by atoms with E-state index < -0.39 is 0 Å². The first-order valence-corrected chi connectivity index (χ1v) is 9.50. The predicted molar refractivity (Wildman–Crippen MR) is 103 cm³/mol. The van der Waals surface area contributed by atoms with Gasteiger partial charge in [-0.15, -0.1) is 0 Å². The molecule has 4 nitrogen and oxygen atoms in total. The largest absolute Gasteiger partial charge is 0.342 e. The molecular weight excluding hydrogens is 312 g/mol. The lowest BCUT2D eigenvalue weighted by molar-refractivity contribution is -0.136. The minimum Gasteiger partial charge on any atom is -0.342 e. The van der Waals surface area contributed by atoms with Gasteiger partial charge in [0.05, 0.1) is 0 Å². The van der Waals surface area contributed by atoms with Crippen molar-refractivity contribution in [2.75, 3.05) is 18.4 Å². The zero-order valence-corrected chi connectivity index (χ0v) is 16.3. The van der Waals surface area contributed by atoms with Gasteiger partial charge in [-0.05, 0) is 41.7 Å². The first-order valence-electron chi connectivity index (χ1n) is 9.50. The fourth-order valence-electron chi connectivity index (χ4n) is 3.54. The van der Waals surface area contributed by atoms with Crippen molar-refractivity contribution in [3.05, 3.63) is 29.3 Å². The van der Waals surface area contributed by atoms with Gasteiger partial charge in [0, 0.05) is 18.8 Å². The van der Waals surface area contributed by atoms with Crippen LogP contribution in [0.1, 0.15) is 76.8 Å². The van der Waals surface area contributed by atoms with Gasteiger partial charge in [0.1, 0.15) is 6.42 Å². The number of carbonyl (C=O) groups is 2. The average Bonchev–Trinajstić information content (AvgIpc) is 2.54. The zero-order valence-electron chi connectivity index (χ0n) is 16.3. The molecule has 4 heteroatoms. The molecule has 1 aliphatic heterocycles. The Morgan fingerprint density at radius 2 is 1.76 bits per heavy atom. The third-order valence-corrected chi connectivity index (χ3v) is 4.96. The van der Waals surface area contributed by atoms with Crippen LogP contribution in [0.5, 0.6) is 0 Å². The second-order valence-electron chi connectivity index (χ2n) is 7.93. The molecule has 0 radical (unpaired) electrons. The fraction of sp³-hybridized carbons (Fsp3) is 0.619. The molecule has 1 N–H and O–H groups in total. The standard InChI is InChI=1S/C21H32N2O2/c1-14(2)17-9-6-10-18(15(3)4)21(17)22-19(24)12-20(25)23-11-7-8-16(5)13-23/h6,9-10,14-16H,7-8,11-13H2,1-5H3,(H,22,24). The van der Waals surface area contributed by atoms with Gasteiger partial charge < -0.3 is 10.2 Å². The molecule has 1 unspecified atom stereocenters. The molecule has 0 aromatic heterocycles. The minimum atomic E-state index is -0.210. The summed E-state index contributed by atoms with van der Waals surface area (Å²) in [7, 11) is 0. The van der Waals surface area contributed by atoms with E-state index in [9.17, 15) is 9.59 Å². The van der Waals surface area contributed by atoms with Crippen molar-refractivity contribution in [2.45, 2.75) is 65.7 Å². The van der Waals surface area contributed by atoms with Gasteiger partial charge in [-0.25, -0.2) is 0 Å². The molecule has 0 aliphatic carbocycles. The monoisotopic (exact) mass is 344 g/mol. The van der Waals surface area contributed by atoms with E-state index in [4.69, 9.17) is 0 Å². The number of nitrogens with one attached hydrogen (secondary N) is 1. The number of anilines is 1. The number of likely N-dealkylation sites (tertiary alicyclic amines) is 1. The Labute approximate surface area is 152 Å². The maximum Gasteiger partial charge on any atom is 0.233 e. The normalized spacial score (nSPS) is 17.9. The maximum atomic E-state index is 12.5. The number of amides is 2. The first kappa shape index (κ1) is 19.5. The summed E-state index contributed by atoms with van der Waals surface area (Å²) in [6.07, 6.45) is 2.12. The Kier molecular flexibility index (Phi) is 6.63. The highest BCUT2D eigenvalue weighted by Gasteiger charge is 2.23. The van der Waals surface area contributed by atoms with Gasteiger partial charge in [0.15, 0.2) is 0 Å². The topological polar surface area (TPSA) is 49.4 Å². The maximum absolute atomic E-state index is 12.5. The quantitative estimate of drug-likeness (QED) is 0.798. The minimum absolute atomic E-state index is 0.0582. The van der Waals surface area contributed by atoms with Gasteiger partial charge >= 0.3 is 0 Å². The second-order valence-corrected chi connectivity index (χ2v) is 7.93. The highest BCUT2D eigenvalue weighted by atomic mass is 16.2. The molecule has 0 bridgehead atoms. The molecule has 0 saturated carbocycles. The summed E-state index contributed by atoms with van der Waals surface area (Å²) in [5, 5.41) is 3.04. The predicted octanol–water partition coefficient (Wildman–Crippen LogP) is 4.52. The van der Waals surface area contributed by atoms with E-state index in [-0.39, 0.29) is 18.2 Å². The number of benzene rings is 1. The molecule has 1 saturated heterocycles. The summed E-state index contributed by atoms with van der Waals surface area (Å²) in [6.45, 7) is 12.2. The van der Waals surface area contributed by atoms with Crippen LogP contribution in [-0.2, 0) is 9.59 Å². The van der Waals surface area contributed by atoms with E-state index in [1.54, 1.807) is 0 Å². The first-order chi connectivity index (χ1) is 11.8. The summed E-state index contributed by atoms with van der Waals surface area (Å²) >= 11 is 0. The SMILES string of the molecule is CC1CCCN(C(=O)CC(=O)Nc2c(C(C)C)cccc2C(C)C)C1. The van der Waals surface area contributed by atoms with Crippen LogP contribution in [0.2, 0.25) is 0 Å². The smallest absolute Gasteiger partial charge is 0.233 e. The van der Waals surface area contributed by atoms with Crippen molar-refractivity contribution in [3.8, 4) is 0 Å². The molecule has 25 heavy (non-hydrogen) atoms. The Bertz CT molecular complexity index is 596. The van der Waals surface area contributed by atoms with Crippen molar-refractivity contribution < 1.29 is 9.59 Å². The van der Waals surface area contributed by atoms with Gasteiger partial charge in [-0.2, -0.15) is 0 Å². The molecule has 2 rings (SSSR count). The van der Waals surface area contributed by atoms with Crippen LogP contribution in [0.25, 0.3) is 0 Å². The number of hydrogen-bond acceptors (Lipinski definition) is 2. The van der Waals surface area contributed by atoms with Gasteiger partial charge in [0.25, 0.3) is 0 Å². The van der Waals surface area contributed by atoms with Crippen LogP contribution in [0.4, 0.5) is 5.69 Å². The summed E-state index contributed by atoms with van der Waals surface area (Å²) in [5.74, 6) is 0.880. The van der Waals surface area contributed by atoms with E-state index in [1.165, 1.54) is 0 Å². The van der Waals surface area contributed by atoms with Crippen molar-refractivity contribution >= 4 is 17.5 Å². The Morgan fingerprint density at radius 1 is 1.16 bits per heavy atom. The molecule has 1 aromatic rings. The molecule has 1 heterocycles. The number of carbonyl (C=O) groups excluding carboxylic acids is 2. The lowest BCUT2D eigenvalue weighted by atomic mass is 9.92. The van der Waals surface area contributed by atoms with Crippen LogP contribution in [-0.4, -0.2) is 29.8 Å². The lowest BCUT2D eigenvalue weighted by Crippen LogP contribution is -2.40. The molecule has 1 aliphatic rings. The molecule has 138 valence electrons. The van der Waals surface area contributed by atoms with Crippen molar-refractivity contribution in [1.29, 1.82) is 0 Å². The molecule has 0 spiro atoms. The highest BCUT2D eigenvalue weighted by Crippen LogP contribution is 2.32. The Balaban J connectivity index is 2.10. The number of rotatable bonds is 5. The molecule has 1 aromatic carbocycles. The van der Waals surface area contributed by atoms with Crippen LogP contribution >= 0.6 is 0 Å². The van der Waals surface area contributed by atoms with E-state index in [1.807, 2.05) is 11.0 Å². The zero-order chi connectivity index (χ0) is 18.6. The van der Waals surface area contributed by atoms with E-state index >= 15 is 0 Å². The molecular formula is C21H32N2O2. The second kappa shape index (κ2) is 8.50. The average molecular weight is 344 g/mol. The lowest BCUT2D eigenvalue weighted by Gasteiger charge is -2.31. The van der Waals surface area contributed by atoms with Crippen molar-refractivity contribution in [1.82, 2.24) is 4.90 Å². The summed E-state index contributed by atoms with van der Waals surface area (Å²) in [5.41, 5.74) is 3.13. The van der Waals surface area contributed by atoms with Crippen LogP contribution in [0.15, 0.2) is 18.2 Å². The molecule has 2 amide bonds. The fourth-order valence-corrected chi connectivity index (χ4v) is 3.54. The number of nitrogens with zero attached hydrogens (tertiary/aromatic N) is 1. The third-order valence-electron chi connectivity index (χ3n) is 4.96. The number of hydrogen-bond donors (Lipinski definition) is 1. The van der Waals surface area contributed by atoms with Crippen LogP contribution in [0.3, 0.4) is 0 Å². The number of para-hydroxylation sites is 1. The van der Waals surface area contributed by atoms with Crippen LogP contribution in [0, 0.1) is 5.92 Å². The summed E-state index contributed by atoms with van der Waals surface area (Å²) < 4.78 is 0. The highest BCUT2D eigenvalue weighted by molar-refractivity contribution is 6.04. The Morgan fingerprint density at radius 3 is 2.28 bits per heavy atom. The van der Waals surface area contributed by atoms with Gasteiger partial charge in [0.2, 0.25) is 11.8 Å². The third kappa shape index (κ3) is 5.07. The van der Waals surface area contributed by atoms with E-state index in [2.05, 4.69) is 52.1 Å². The van der Waals surface area contributed by atoms with Gasteiger partial charge in [-0.3, -0.25) is 9.59 Å². The number of piperidine rings is 1. The summed E-state index contributed by atoms with van der Waals surface area (Å²) in [6, 6.07) is 6.15. The van der Waals surface area contributed by atoms with Crippen molar-refractivity contribution in [2.24, 2.45) is 5.92 Å². The Hall–Kier alpha value is -1.84. The van der Waals surface area contributed by atoms with E-state index in [0.717, 1.165) is 42.7 Å². The van der Waals surface area contributed by atoms with Crippen molar-refractivity contribution in [3.63, 3.8) is 0 Å². The van der Waals surface area contributed by atoms with Crippen LogP contribution < -0.4 is 5.32 Å². The summed E-state index contributed by atoms with van der Waals surface area (Å²) in [4.78, 5) is 26.8. The van der Waals surface area contributed by atoms with E-state index in [0.29, 0.717) is 17.8 Å². The molecule has 1 atom stereocenters.